The summed E-state index contributed by atoms with van der Waals surface area (Å²) in [5.41, 5.74) is 1.91. The fourth-order valence-corrected chi connectivity index (χ4v) is 3.38. The van der Waals surface area contributed by atoms with Gasteiger partial charge in [0, 0.05) is 25.6 Å². The monoisotopic (exact) mass is 363 g/mol. The van der Waals surface area contributed by atoms with Crippen molar-refractivity contribution >= 4 is 17.4 Å². The molecule has 2 aromatic heterocycles. The first-order valence-electron chi connectivity index (χ1n) is 9.07. The van der Waals surface area contributed by atoms with E-state index in [2.05, 4.69) is 4.98 Å². The number of hydrogen-bond donors (Lipinski definition) is 1. The molecule has 4 rings (SSSR count). The van der Waals surface area contributed by atoms with Crippen LogP contribution in [0.3, 0.4) is 0 Å². The third kappa shape index (κ3) is 3.30. The van der Waals surface area contributed by atoms with E-state index in [4.69, 9.17) is 0 Å². The number of carbonyl (C=O) groups excluding carboxylic acids is 1. The standard InChI is InChI=1S/C21H21N3O3/c1-23(17(21(26)27)13-14-7-3-2-4-8-14)20(25)18-16-9-5-6-12-24(16)19(22-18)15-10-11-15/h2-9,12,15,17H,10-11,13H2,1H3,(H,26,27). The van der Waals surface area contributed by atoms with Gasteiger partial charge in [-0.25, -0.2) is 9.78 Å². The highest BCUT2D eigenvalue weighted by Gasteiger charge is 2.33. The quantitative estimate of drug-likeness (QED) is 0.731. The number of carboxylic acid groups (broad SMARTS) is 1. The van der Waals surface area contributed by atoms with Gasteiger partial charge in [-0.05, 0) is 30.5 Å². The Morgan fingerprint density at radius 1 is 1.19 bits per heavy atom. The Kier molecular flexibility index (Phi) is 4.39. The van der Waals surface area contributed by atoms with Crippen molar-refractivity contribution in [3.05, 3.63) is 71.8 Å². The third-order valence-electron chi connectivity index (χ3n) is 5.07. The summed E-state index contributed by atoms with van der Waals surface area (Å²) >= 11 is 0. The topological polar surface area (TPSA) is 74.9 Å². The number of carboxylic acids is 1. The second-order valence-electron chi connectivity index (χ2n) is 7.01. The minimum Gasteiger partial charge on any atom is -0.480 e. The molecule has 1 amide bonds. The summed E-state index contributed by atoms with van der Waals surface area (Å²) in [6.07, 6.45) is 4.30. The second kappa shape index (κ2) is 6.87. The van der Waals surface area contributed by atoms with Crippen LogP contribution in [0.15, 0.2) is 54.7 Å². The number of aromatic nitrogens is 2. The van der Waals surface area contributed by atoms with E-state index in [-0.39, 0.29) is 12.3 Å². The minimum absolute atomic E-state index is 0.250. The van der Waals surface area contributed by atoms with Crippen molar-refractivity contribution in [2.75, 3.05) is 7.05 Å². The number of pyridine rings is 1. The summed E-state index contributed by atoms with van der Waals surface area (Å²) in [6, 6.07) is 14.0. The number of rotatable bonds is 6. The minimum atomic E-state index is -1.03. The summed E-state index contributed by atoms with van der Waals surface area (Å²) in [5, 5.41) is 9.70. The molecule has 0 bridgehead atoms. The van der Waals surface area contributed by atoms with Crippen molar-refractivity contribution in [3.63, 3.8) is 0 Å². The van der Waals surface area contributed by atoms with Crippen LogP contribution in [0.5, 0.6) is 0 Å². The van der Waals surface area contributed by atoms with Gasteiger partial charge in [-0.1, -0.05) is 36.4 Å². The lowest BCUT2D eigenvalue weighted by atomic mass is 10.0. The highest BCUT2D eigenvalue weighted by molar-refractivity contribution is 6.00. The Balaban J connectivity index is 1.66. The SMILES string of the molecule is CN(C(=O)c1nc(C2CC2)n2ccccc12)C(Cc1ccccc1)C(=O)O. The van der Waals surface area contributed by atoms with Crippen molar-refractivity contribution in [2.45, 2.75) is 31.2 Å². The van der Waals surface area contributed by atoms with Crippen LogP contribution < -0.4 is 0 Å². The Morgan fingerprint density at radius 2 is 1.89 bits per heavy atom. The molecule has 6 nitrogen and oxygen atoms in total. The second-order valence-corrected chi connectivity index (χ2v) is 7.01. The van der Waals surface area contributed by atoms with Gasteiger partial charge in [0.25, 0.3) is 5.91 Å². The van der Waals surface area contributed by atoms with E-state index >= 15 is 0 Å². The smallest absolute Gasteiger partial charge is 0.326 e. The average Bonchev–Trinajstić information content (AvgIpc) is 3.46. The predicted octanol–water partition coefficient (Wildman–Crippen LogP) is 2.98. The first-order chi connectivity index (χ1) is 13.1. The number of nitrogens with zero attached hydrogens (tertiary/aromatic N) is 3. The maximum absolute atomic E-state index is 13.1. The van der Waals surface area contributed by atoms with E-state index < -0.39 is 12.0 Å². The Bertz CT molecular complexity index is 992. The van der Waals surface area contributed by atoms with Crippen LogP contribution in [0, 0.1) is 0 Å². The summed E-state index contributed by atoms with van der Waals surface area (Å²) in [4.78, 5) is 30.9. The van der Waals surface area contributed by atoms with Crippen molar-refractivity contribution in [1.82, 2.24) is 14.3 Å². The molecule has 1 unspecified atom stereocenters. The van der Waals surface area contributed by atoms with Crippen molar-refractivity contribution in [1.29, 1.82) is 0 Å². The van der Waals surface area contributed by atoms with Crippen molar-refractivity contribution < 1.29 is 14.7 Å². The largest absolute Gasteiger partial charge is 0.480 e. The van der Waals surface area contributed by atoms with E-state index in [1.54, 1.807) is 0 Å². The van der Waals surface area contributed by atoms with E-state index in [1.165, 1.54) is 11.9 Å². The van der Waals surface area contributed by atoms with Crippen LogP contribution in [0.1, 0.15) is 40.6 Å². The molecule has 0 radical (unpaired) electrons. The number of imidazole rings is 1. The molecule has 1 atom stereocenters. The van der Waals surface area contributed by atoms with Crippen LogP contribution in [0.2, 0.25) is 0 Å². The first-order valence-corrected chi connectivity index (χ1v) is 9.07. The number of benzene rings is 1. The fraction of sp³-hybridized carbons (Fsp3) is 0.286. The molecule has 1 fully saturated rings. The highest BCUT2D eigenvalue weighted by atomic mass is 16.4. The van der Waals surface area contributed by atoms with Crippen molar-refractivity contribution in [3.8, 4) is 0 Å². The molecule has 1 aliphatic rings. The van der Waals surface area contributed by atoms with Crippen LogP contribution >= 0.6 is 0 Å². The van der Waals surface area contributed by atoms with Gasteiger partial charge in [-0.3, -0.25) is 4.79 Å². The van der Waals surface area contributed by atoms with E-state index in [0.717, 1.165) is 29.7 Å². The van der Waals surface area contributed by atoms with E-state index in [0.29, 0.717) is 11.6 Å². The Hall–Kier alpha value is -3.15. The molecule has 0 aliphatic heterocycles. The molecule has 1 N–H and O–H groups in total. The van der Waals surface area contributed by atoms with E-state index in [1.807, 2.05) is 59.1 Å². The molecule has 1 aliphatic carbocycles. The number of fused-ring (bicyclic) bond motifs is 1. The van der Waals surface area contributed by atoms with Gasteiger partial charge in [0.15, 0.2) is 5.69 Å². The normalized spacial score (nSPS) is 14.9. The number of amides is 1. The molecular formula is C21H21N3O3. The lowest BCUT2D eigenvalue weighted by Gasteiger charge is -2.24. The van der Waals surface area contributed by atoms with Crippen LogP contribution in [0.25, 0.3) is 5.52 Å². The summed E-state index contributed by atoms with van der Waals surface area (Å²) in [6.45, 7) is 0. The highest BCUT2D eigenvalue weighted by Crippen LogP contribution is 2.40. The van der Waals surface area contributed by atoms with E-state index in [9.17, 15) is 14.7 Å². The zero-order valence-electron chi connectivity index (χ0n) is 15.1. The number of carbonyl (C=O) groups is 2. The summed E-state index contributed by atoms with van der Waals surface area (Å²) in [5.74, 6) is -0.127. The Labute approximate surface area is 157 Å². The summed E-state index contributed by atoms with van der Waals surface area (Å²) < 4.78 is 1.95. The molecule has 1 saturated carbocycles. The molecule has 3 aromatic rings. The number of hydrogen-bond acceptors (Lipinski definition) is 3. The molecule has 138 valence electrons. The van der Waals surface area contributed by atoms with Gasteiger partial charge in [0.05, 0.1) is 5.52 Å². The van der Waals surface area contributed by atoms with Gasteiger partial charge in [0.1, 0.15) is 11.9 Å². The molecule has 0 spiro atoms. The molecule has 27 heavy (non-hydrogen) atoms. The zero-order valence-corrected chi connectivity index (χ0v) is 15.1. The average molecular weight is 363 g/mol. The maximum Gasteiger partial charge on any atom is 0.326 e. The van der Waals surface area contributed by atoms with Gasteiger partial charge < -0.3 is 14.4 Å². The lowest BCUT2D eigenvalue weighted by Crippen LogP contribution is -2.44. The molecular weight excluding hydrogens is 342 g/mol. The lowest BCUT2D eigenvalue weighted by molar-refractivity contribution is -0.141. The van der Waals surface area contributed by atoms with Crippen molar-refractivity contribution in [2.24, 2.45) is 0 Å². The molecule has 6 heteroatoms. The van der Waals surface area contributed by atoms with Gasteiger partial charge in [-0.2, -0.15) is 0 Å². The van der Waals surface area contributed by atoms with Gasteiger partial charge in [-0.15, -0.1) is 0 Å². The number of aliphatic carboxylic acids is 1. The molecule has 2 heterocycles. The number of likely N-dealkylation sites (N-methyl/N-ethyl adjacent to an activating group) is 1. The summed E-state index contributed by atoms with van der Waals surface area (Å²) in [7, 11) is 1.54. The van der Waals surface area contributed by atoms with Crippen LogP contribution in [0.4, 0.5) is 0 Å². The zero-order chi connectivity index (χ0) is 19.0. The maximum atomic E-state index is 13.1. The molecule has 1 aromatic carbocycles. The third-order valence-corrected chi connectivity index (χ3v) is 5.07. The van der Waals surface area contributed by atoms with Crippen LogP contribution in [-0.4, -0.2) is 44.4 Å². The fourth-order valence-electron chi connectivity index (χ4n) is 3.38. The molecule has 0 saturated heterocycles. The first kappa shape index (κ1) is 17.3. The van der Waals surface area contributed by atoms with Gasteiger partial charge >= 0.3 is 5.97 Å². The van der Waals surface area contributed by atoms with Gasteiger partial charge in [0.2, 0.25) is 0 Å². The Morgan fingerprint density at radius 3 is 2.56 bits per heavy atom. The van der Waals surface area contributed by atoms with Crippen LogP contribution in [-0.2, 0) is 11.2 Å². The predicted molar refractivity (Wildman–Crippen MR) is 101 cm³/mol.